The molecule has 108 valence electrons. The predicted molar refractivity (Wildman–Crippen MR) is 84.5 cm³/mol. The maximum absolute atomic E-state index is 12.3. The van der Waals surface area contributed by atoms with E-state index in [1.165, 1.54) is 0 Å². The summed E-state index contributed by atoms with van der Waals surface area (Å²) in [5, 5.41) is 0. The lowest BCUT2D eigenvalue weighted by Crippen LogP contribution is -2.19. The molecule has 2 nitrogen and oxygen atoms in total. The Labute approximate surface area is 125 Å². The quantitative estimate of drug-likeness (QED) is 0.734. The minimum atomic E-state index is -0.157. The molecule has 0 unspecified atom stereocenters. The molecule has 2 atom stereocenters. The van der Waals surface area contributed by atoms with Crippen LogP contribution in [0.1, 0.15) is 41.0 Å². The van der Waals surface area contributed by atoms with Crippen molar-refractivity contribution in [2.24, 2.45) is 11.8 Å². The van der Waals surface area contributed by atoms with Crippen molar-refractivity contribution in [2.45, 2.75) is 20.3 Å². The Morgan fingerprint density at radius 1 is 0.714 bits per heavy atom. The summed E-state index contributed by atoms with van der Waals surface area (Å²) < 4.78 is 0. The van der Waals surface area contributed by atoms with Gasteiger partial charge in [-0.2, -0.15) is 0 Å². The highest BCUT2D eigenvalue weighted by atomic mass is 16.1. The van der Waals surface area contributed by atoms with E-state index in [-0.39, 0.29) is 23.4 Å². The number of rotatable bonds is 6. The molecule has 0 radical (unpaired) electrons. The van der Waals surface area contributed by atoms with Gasteiger partial charge in [-0.15, -0.1) is 0 Å². The fourth-order valence-electron chi connectivity index (χ4n) is 2.52. The normalized spacial score (nSPS) is 13.4. The molecule has 0 aliphatic carbocycles. The minimum absolute atomic E-state index is 0.100. The van der Waals surface area contributed by atoms with Crippen molar-refractivity contribution in [1.29, 1.82) is 0 Å². The Kier molecular flexibility index (Phi) is 5.04. The van der Waals surface area contributed by atoms with Crippen LogP contribution in [0.5, 0.6) is 0 Å². The average Bonchev–Trinajstić information content (AvgIpc) is 2.55. The van der Waals surface area contributed by atoms with Gasteiger partial charge in [-0.3, -0.25) is 9.59 Å². The zero-order valence-electron chi connectivity index (χ0n) is 12.5. The van der Waals surface area contributed by atoms with E-state index in [2.05, 4.69) is 0 Å². The fourth-order valence-corrected chi connectivity index (χ4v) is 2.52. The standard InChI is InChI=1S/C19H20O2/c1-14(18(20)16-9-5-3-6-10-16)13-15(2)19(21)17-11-7-4-8-12-17/h3-12,14-15H,13H2,1-2H3/t14-,15-/m0/s1. The number of benzene rings is 2. The SMILES string of the molecule is C[C@@H](C[C@H](C)C(=O)c1ccccc1)C(=O)c1ccccc1. The molecule has 0 N–H and O–H groups in total. The van der Waals surface area contributed by atoms with Crippen LogP contribution >= 0.6 is 0 Å². The largest absolute Gasteiger partial charge is 0.294 e. The summed E-state index contributed by atoms with van der Waals surface area (Å²) in [7, 11) is 0. The number of carbonyl (C=O) groups excluding carboxylic acids is 2. The molecule has 21 heavy (non-hydrogen) atoms. The van der Waals surface area contributed by atoms with Crippen LogP contribution in [0, 0.1) is 11.8 Å². The van der Waals surface area contributed by atoms with Crippen molar-refractivity contribution >= 4 is 11.6 Å². The zero-order chi connectivity index (χ0) is 15.2. The van der Waals surface area contributed by atoms with Crippen LogP contribution in [-0.2, 0) is 0 Å². The van der Waals surface area contributed by atoms with E-state index in [0.717, 1.165) is 0 Å². The highest BCUT2D eigenvalue weighted by Crippen LogP contribution is 2.20. The lowest BCUT2D eigenvalue weighted by molar-refractivity contribution is 0.0866. The van der Waals surface area contributed by atoms with Crippen LogP contribution in [0.25, 0.3) is 0 Å². The Morgan fingerprint density at radius 2 is 1.05 bits per heavy atom. The summed E-state index contributed by atoms with van der Waals surface area (Å²) >= 11 is 0. The van der Waals surface area contributed by atoms with Crippen molar-refractivity contribution in [3.63, 3.8) is 0 Å². The number of carbonyl (C=O) groups is 2. The van der Waals surface area contributed by atoms with Crippen LogP contribution in [0.2, 0.25) is 0 Å². The molecule has 2 aromatic carbocycles. The predicted octanol–water partition coefficient (Wildman–Crippen LogP) is 4.41. The molecule has 0 saturated carbocycles. The molecule has 0 amide bonds. The van der Waals surface area contributed by atoms with E-state index >= 15 is 0 Å². The van der Waals surface area contributed by atoms with Crippen molar-refractivity contribution in [2.75, 3.05) is 0 Å². The first-order valence-corrected chi connectivity index (χ1v) is 7.28. The van der Waals surface area contributed by atoms with Crippen molar-refractivity contribution < 1.29 is 9.59 Å². The van der Waals surface area contributed by atoms with Crippen LogP contribution in [0.15, 0.2) is 60.7 Å². The van der Waals surface area contributed by atoms with Crippen LogP contribution in [0.3, 0.4) is 0 Å². The Hall–Kier alpha value is -2.22. The second-order valence-electron chi connectivity index (χ2n) is 5.50. The summed E-state index contributed by atoms with van der Waals surface area (Å²) in [6.45, 7) is 3.79. The average molecular weight is 280 g/mol. The van der Waals surface area contributed by atoms with E-state index in [0.29, 0.717) is 17.5 Å². The molecule has 0 aromatic heterocycles. The van der Waals surface area contributed by atoms with E-state index in [1.54, 1.807) is 0 Å². The maximum atomic E-state index is 12.3. The fraction of sp³-hybridized carbons (Fsp3) is 0.263. The third kappa shape index (κ3) is 3.88. The number of ketones is 2. The van der Waals surface area contributed by atoms with E-state index in [4.69, 9.17) is 0 Å². The Morgan fingerprint density at radius 3 is 1.38 bits per heavy atom. The van der Waals surface area contributed by atoms with Gasteiger partial charge in [0.2, 0.25) is 0 Å². The van der Waals surface area contributed by atoms with Gasteiger partial charge in [0.25, 0.3) is 0 Å². The maximum Gasteiger partial charge on any atom is 0.165 e. The van der Waals surface area contributed by atoms with Crippen LogP contribution in [-0.4, -0.2) is 11.6 Å². The second kappa shape index (κ2) is 6.98. The van der Waals surface area contributed by atoms with Crippen molar-refractivity contribution in [3.8, 4) is 0 Å². The molecular weight excluding hydrogens is 260 g/mol. The molecule has 0 bridgehead atoms. The molecule has 2 aromatic rings. The second-order valence-corrected chi connectivity index (χ2v) is 5.50. The first-order chi connectivity index (χ1) is 10.1. The van der Waals surface area contributed by atoms with Crippen molar-refractivity contribution in [1.82, 2.24) is 0 Å². The lowest BCUT2D eigenvalue weighted by atomic mass is 9.87. The van der Waals surface area contributed by atoms with E-state index in [1.807, 2.05) is 74.5 Å². The zero-order valence-corrected chi connectivity index (χ0v) is 12.5. The third-order valence-electron chi connectivity index (χ3n) is 3.72. The van der Waals surface area contributed by atoms with Gasteiger partial charge in [0.15, 0.2) is 11.6 Å². The molecule has 0 fully saturated rings. The smallest absolute Gasteiger partial charge is 0.165 e. The molecule has 0 aliphatic heterocycles. The first-order valence-electron chi connectivity index (χ1n) is 7.28. The summed E-state index contributed by atoms with van der Waals surface area (Å²) in [5.74, 6) is -0.114. The number of hydrogen-bond donors (Lipinski definition) is 0. The highest BCUT2D eigenvalue weighted by molar-refractivity contribution is 6.00. The molecule has 0 saturated heterocycles. The van der Waals surface area contributed by atoms with Gasteiger partial charge in [0.05, 0.1) is 0 Å². The summed E-state index contributed by atoms with van der Waals surface area (Å²) in [6, 6.07) is 18.5. The number of hydrogen-bond acceptors (Lipinski definition) is 2. The summed E-state index contributed by atoms with van der Waals surface area (Å²) in [5.41, 5.74) is 1.42. The summed E-state index contributed by atoms with van der Waals surface area (Å²) in [6.07, 6.45) is 0.571. The lowest BCUT2D eigenvalue weighted by Gasteiger charge is -2.15. The Bertz CT molecular complexity index is 546. The topological polar surface area (TPSA) is 34.1 Å². The van der Waals surface area contributed by atoms with E-state index in [9.17, 15) is 9.59 Å². The third-order valence-corrected chi connectivity index (χ3v) is 3.72. The van der Waals surface area contributed by atoms with Crippen molar-refractivity contribution in [3.05, 3.63) is 71.8 Å². The van der Waals surface area contributed by atoms with Gasteiger partial charge < -0.3 is 0 Å². The highest BCUT2D eigenvalue weighted by Gasteiger charge is 2.22. The van der Waals surface area contributed by atoms with E-state index < -0.39 is 0 Å². The van der Waals surface area contributed by atoms with Crippen LogP contribution in [0.4, 0.5) is 0 Å². The molecule has 2 rings (SSSR count). The monoisotopic (exact) mass is 280 g/mol. The van der Waals surface area contributed by atoms with Gasteiger partial charge in [-0.25, -0.2) is 0 Å². The van der Waals surface area contributed by atoms with Gasteiger partial charge in [-0.1, -0.05) is 74.5 Å². The van der Waals surface area contributed by atoms with Gasteiger partial charge in [0, 0.05) is 23.0 Å². The van der Waals surface area contributed by atoms with Gasteiger partial charge >= 0.3 is 0 Å². The van der Waals surface area contributed by atoms with Crippen LogP contribution < -0.4 is 0 Å². The minimum Gasteiger partial charge on any atom is -0.294 e. The molecule has 0 aliphatic rings. The van der Waals surface area contributed by atoms with Gasteiger partial charge in [-0.05, 0) is 6.42 Å². The molecule has 0 heterocycles. The van der Waals surface area contributed by atoms with Gasteiger partial charge in [0.1, 0.15) is 0 Å². The number of Topliss-reactive ketones (excluding diaryl/α,β-unsaturated/α-hetero) is 2. The molecule has 0 spiro atoms. The first kappa shape index (κ1) is 15.2. The molecule has 2 heteroatoms. The molecular formula is C19H20O2. The Balaban J connectivity index is 2.01. The summed E-state index contributed by atoms with van der Waals surface area (Å²) in [4.78, 5) is 24.7.